The Bertz CT molecular complexity index is 127. The quantitative estimate of drug-likeness (QED) is 0.678. The van der Waals surface area contributed by atoms with Gasteiger partial charge >= 0.3 is 0 Å². The van der Waals surface area contributed by atoms with Gasteiger partial charge in [-0.1, -0.05) is 20.8 Å². The predicted octanol–water partition coefficient (Wildman–Crippen LogP) is 2.54. The zero-order chi connectivity index (χ0) is 8.48. The second kappa shape index (κ2) is 4.43. The Morgan fingerprint density at radius 2 is 2.00 bits per heavy atom. The number of hydrogen-bond acceptors (Lipinski definition) is 1. The van der Waals surface area contributed by atoms with Gasteiger partial charge in [0.15, 0.2) is 0 Å². The van der Waals surface area contributed by atoms with E-state index in [0.717, 1.165) is 19.4 Å². The maximum absolute atomic E-state index is 13.6. The molecule has 0 radical (unpaired) electrons. The Balaban J connectivity index is 0.00000121. The summed E-state index contributed by atoms with van der Waals surface area (Å²) in [5.41, 5.74) is -0.206. The molecule has 74 valence electrons. The summed E-state index contributed by atoms with van der Waals surface area (Å²) in [5.74, 6) is 0. The van der Waals surface area contributed by atoms with Gasteiger partial charge in [-0.05, 0) is 24.8 Å². The van der Waals surface area contributed by atoms with Crippen LogP contribution in [0, 0.1) is 5.41 Å². The monoisotopic (exact) mass is 195 g/mol. The maximum Gasteiger partial charge on any atom is 0.120 e. The molecule has 2 unspecified atom stereocenters. The molecular weight excluding hydrogens is 177 g/mol. The topological polar surface area (TPSA) is 12.0 Å². The average Bonchev–Trinajstić information content (AvgIpc) is 2.34. The van der Waals surface area contributed by atoms with E-state index in [1.165, 1.54) is 0 Å². The molecule has 1 fully saturated rings. The van der Waals surface area contributed by atoms with Gasteiger partial charge in [-0.2, -0.15) is 0 Å². The lowest BCUT2D eigenvalue weighted by atomic mass is 9.85. The zero-order valence-corrected chi connectivity index (χ0v) is 8.88. The third-order valence-electron chi connectivity index (χ3n) is 2.28. The average molecular weight is 196 g/mol. The standard InChI is InChI=1S/C9H18FN.ClH/c1-9(2,3)8(10)7-5-4-6-11-7;/h7-8,11H,4-6H2,1-3H3;1H. The number of rotatable bonds is 1. The van der Waals surface area contributed by atoms with Crippen molar-refractivity contribution in [3.8, 4) is 0 Å². The van der Waals surface area contributed by atoms with E-state index in [1.54, 1.807) is 0 Å². The lowest BCUT2D eigenvalue weighted by Gasteiger charge is -2.28. The molecule has 0 saturated carbocycles. The first-order valence-corrected chi connectivity index (χ1v) is 4.39. The summed E-state index contributed by atoms with van der Waals surface area (Å²) in [5, 5.41) is 3.19. The lowest BCUT2D eigenvalue weighted by Crippen LogP contribution is -2.40. The largest absolute Gasteiger partial charge is 0.311 e. The molecule has 1 nitrogen and oxygen atoms in total. The van der Waals surface area contributed by atoms with Gasteiger partial charge in [-0.15, -0.1) is 12.4 Å². The third kappa shape index (κ3) is 2.91. The highest BCUT2D eigenvalue weighted by Crippen LogP contribution is 2.28. The van der Waals surface area contributed by atoms with E-state index in [0.29, 0.717) is 0 Å². The molecular formula is C9H19ClFN. The molecule has 1 aliphatic heterocycles. The Morgan fingerprint density at radius 1 is 1.42 bits per heavy atom. The van der Waals surface area contributed by atoms with Gasteiger partial charge in [-0.25, -0.2) is 4.39 Å². The van der Waals surface area contributed by atoms with Crippen molar-refractivity contribution >= 4 is 12.4 Å². The first-order valence-electron chi connectivity index (χ1n) is 4.39. The van der Waals surface area contributed by atoms with Crippen LogP contribution in [-0.2, 0) is 0 Å². The minimum Gasteiger partial charge on any atom is -0.311 e. The van der Waals surface area contributed by atoms with Crippen molar-refractivity contribution in [2.24, 2.45) is 5.41 Å². The summed E-state index contributed by atoms with van der Waals surface area (Å²) in [7, 11) is 0. The SMILES string of the molecule is CC(C)(C)C(F)C1CCCN1.Cl. The van der Waals surface area contributed by atoms with Gasteiger partial charge < -0.3 is 5.32 Å². The second-order valence-corrected chi connectivity index (χ2v) is 4.47. The normalized spacial score (nSPS) is 26.5. The first kappa shape index (κ1) is 12.2. The molecule has 0 aliphatic carbocycles. The molecule has 0 bridgehead atoms. The van der Waals surface area contributed by atoms with E-state index < -0.39 is 6.17 Å². The van der Waals surface area contributed by atoms with E-state index in [-0.39, 0.29) is 23.9 Å². The van der Waals surface area contributed by atoms with Crippen LogP contribution < -0.4 is 5.32 Å². The molecule has 2 atom stereocenters. The molecule has 0 spiro atoms. The first-order chi connectivity index (χ1) is 5.02. The molecule has 0 aromatic carbocycles. The van der Waals surface area contributed by atoms with E-state index in [9.17, 15) is 4.39 Å². The van der Waals surface area contributed by atoms with Crippen molar-refractivity contribution in [1.82, 2.24) is 5.32 Å². The Morgan fingerprint density at radius 3 is 2.33 bits per heavy atom. The molecule has 3 heteroatoms. The number of nitrogens with one attached hydrogen (secondary N) is 1. The van der Waals surface area contributed by atoms with Crippen LogP contribution in [0.5, 0.6) is 0 Å². The molecule has 12 heavy (non-hydrogen) atoms. The number of halogens is 2. The predicted molar refractivity (Wildman–Crippen MR) is 52.6 cm³/mol. The molecule has 1 N–H and O–H groups in total. The molecule has 1 heterocycles. The van der Waals surface area contributed by atoms with Crippen LogP contribution in [0.4, 0.5) is 4.39 Å². The summed E-state index contributed by atoms with van der Waals surface area (Å²) in [6, 6.07) is 0.106. The van der Waals surface area contributed by atoms with Gasteiger partial charge in [0.1, 0.15) is 6.17 Å². The van der Waals surface area contributed by atoms with Crippen LogP contribution in [0.1, 0.15) is 33.6 Å². The summed E-state index contributed by atoms with van der Waals surface area (Å²) in [4.78, 5) is 0. The van der Waals surface area contributed by atoms with Crippen molar-refractivity contribution < 1.29 is 4.39 Å². The van der Waals surface area contributed by atoms with E-state index >= 15 is 0 Å². The van der Waals surface area contributed by atoms with Crippen LogP contribution in [0.15, 0.2) is 0 Å². The highest BCUT2D eigenvalue weighted by molar-refractivity contribution is 5.85. The van der Waals surface area contributed by atoms with E-state index in [4.69, 9.17) is 0 Å². The maximum atomic E-state index is 13.6. The lowest BCUT2D eigenvalue weighted by molar-refractivity contribution is 0.124. The smallest absolute Gasteiger partial charge is 0.120 e. The van der Waals surface area contributed by atoms with E-state index in [1.807, 2.05) is 20.8 Å². The van der Waals surface area contributed by atoms with Crippen molar-refractivity contribution in [3.63, 3.8) is 0 Å². The van der Waals surface area contributed by atoms with Gasteiger partial charge in [0, 0.05) is 6.04 Å². The van der Waals surface area contributed by atoms with Crippen LogP contribution in [0.2, 0.25) is 0 Å². The minimum atomic E-state index is -0.704. The van der Waals surface area contributed by atoms with Crippen LogP contribution in [0.3, 0.4) is 0 Å². The summed E-state index contributed by atoms with van der Waals surface area (Å²) >= 11 is 0. The fourth-order valence-electron chi connectivity index (χ4n) is 1.56. The van der Waals surface area contributed by atoms with Crippen LogP contribution in [0.25, 0.3) is 0 Å². The minimum absolute atomic E-state index is 0. The van der Waals surface area contributed by atoms with Crippen LogP contribution in [-0.4, -0.2) is 18.8 Å². The molecule has 1 aliphatic rings. The molecule has 0 aromatic heterocycles. The van der Waals surface area contributed by atoms with Crippen molar-refractivity contribution in [2.45, 2.75) is 45.8 Å². The van der Waals surface area contributed by atoms with Gasteiger partial charge in [0.2, 0.25) is 0 Å². The fourth-order valence-corrected chi connectivity index (χ4v) is 1.56. The molecule has 1 saturated heterocycles. The molecule has 0 amide bonds. The number of alkyl halides is 1. The highest BCUT2D eigenvalue weighted by Gasteiger charge is 2.33. The fraction of sp³-hybridized carbons (Fsp3) is 1.00. The second-order valence-electron chi connectivity index (χ2n) is 4.47. The molecule has 1 rings (SSSR count). The number of hydrogen-bond donors (Lipinski definition) is 1. The van der Waals surface area contributed by atoms with Crippen molar-refractivity contribution in [2.75, 3.05) is 6.54 Å². The highest BCUT2D eigenvalue weighted by atomic mass is 35.5. The van der Waals surface area contributed by atoms with E-state index in [2.05, 4.69) is 5.32 Å². The van der Waals surface area contributed by atoms with Gasteiger partial charge in [-0.3, -0.25) is 0 Å². The summed E-state index contributed by atoms with van der Waals surface area (Å²) < 4.78 is 13.6. The molecule has 0 aromatic rings. The third-order valence-corrected chi connectivity index (χ3v) is 2.28. The zero-order valence-electron chi connectivity index (χ0n) is 8.06. The summed E-state index contributed by atoms with van der Waals surface area (Å²) in [6.45, 7) is 6.86. The summed E-state index contributed by atoms with van der Waals surface area (Å²) in [6.07, 6.45) is 1.42. The van der Waals surface area contributed by atoms with Crippen molar-refractivity contribution in [3.05, 3.63) is 0 Å². The van der Waals surface area contributed by atoms with Gasteiger partial charge in [0.25, 0.3) is 0 Å². The van der Waals surface area contributed by atoms with Crippen molar-refractivity contribution in [1.29, 1.82) is 0 Å². The Kier molecular flexibility index (Phi) is 4.49. The van der Waals surface area contributed by atoms with Gasteiger partial charge in [0.05, 0.1) is 0 Å². The Labute approximate surface area is 80.5 Å². The Hall–Kier alpha value is 0.180. The van der Waals surface area contributed by atoms with Crippen LogP contribution >= 0.6 is 12.4 Å².